The summed E-state index contributed by atoms with van der Waals surface area (Å²) in [5.74, 6) is -0.0148. The Balaban J connectivity index is 2.49. The second-order valence-corrected chi connectivity index (χ2v) is 3.42. The number of rotatable bonds is 5. The highest BCUT2D eigenvalue weighted by Gasteiger charge is 1.96. The van der Waals surface area contributed by atoms with Crippen LogP contribution in [0.25, 0.3) is 0 Å². The molecule has 0 unspecified atom stereocenters. The molecule has 0 radical (unpaired) electrons. The van der Waals surface area contributed by atoms with Crippen molar-refractivity contribution in [2.24, 2.45) is 0 Å². The summed E-state index contributed by atoms with van der Waals surface area (Å²) in [6.07, 6.45) is 2.15. The van der Waals surface area contributed by atoms with Gasteiger partial charge in [-0.05, 0) is 17.5 Å². The van der Waals surface area contributed by atoms with Crippen LogP contribution in [0.5, 0.6) is 0 Å². The van der Waals surface area contributed by atoms with E-state index in [-0.39, 0.29) is 5.91 Å². The van der Waals surface area contributed by atoms with Crippen molar-refractivity contribution in [3.8, 4) is 0 Å². The molecule has 0 aliphatic rings. The Labute approximate surface area is 89.5 Å². The van der Waals surface area contributed by atoms with Crippen molar-refractivity contribution in [2.75, 3.05) is 6.54 Å². The van der Waals surface area contributed by atoms with E-state index in [4.69, 9.17) is 0 Å². The zero-order valence-corrected chi connectivity index (χ0v) is 8.82. The Hall–Kier alpha value is -1.64. The Morgan fingerprint density at radius 2 is 2.13 bits per heavy atom. The normalized spacial score (nSPS) is 9.67. The van der Waals surface area contributed by atoms with E-state index in [9.17, 15) is 9.59 Å². The van der Waals surface area contributed by atoms with Crippen molar-refractivity contribution in [1.29, 1.82) is 0 Å². The molecule has 0 aliphatic heterocycles. The van der Waals surface area contributed by atoms with Crippen LogP contribution in [-0.2, 0) is 22.4 Å². The third-order valence-corrected chi connectivity index (χ3v) is 2.10. The third kappa shape index (κ3) is 4.40. The van der Waals surface area contributed by atoms with Crippen molar-refractivity contribution in [2.45, 2.75) is 19.8 Å². The molecule has 0 heterocycles. The van der Waals surface area contributed by atoms with Gasteiger partial charge in [-0.15, -0.1) is 0 Å². The summed E-state index contributed by atoms with van der Waals surface area (Å²) in [7, 11) is 0. The molecule has 15 heavy (non-hydrogen) atoms. The molecule has 80 valence electrons. The van der Waals surface area contributed by atoms with Crippen LogP contribution in [0, 0.1) is 0 Å². The number of hydrogen-bond donors (Lipinski definition) is 1. The Morgan fingerprint density at radius 1 is 1.40 bits per heavy atom. The lowest BCUT2D eigenvalue weighted by Gasteiger charge is -2.04. The lowest BCUT2D eigenvalue weighted by Crippen LogP contribution is -2.22. The van der Waals surface area contributed by atoms with Gasteiger partial charge in [0, 0.05) is 19.9 Å². The summed E-state index contributed by atoms with van der Waals surface area (Å²) in [6, 6.07) is 7.85. The molecule has 0 fully saturated rings. The highest BCUT2D eigenvalue weighted by atomic mass is 16.1. The lowest BCUT2D eigenvalue weighted by molar-refractivity contribution is -0.118. The monoisotopic (exact) mass is 205 g/mol. The minimum absolute atomic E-state index is 0.0148. The quantitative estimate of drug-likeness (QED) is 0.732. The summed E-state index contributed by atoms with van der Waals surface area (Å²) >= 11 is 0. The third-order valence-electron chi connectivity index (χ3n) is 2.10. The topological polar surface area (TPSA) is 46.2 Å². The maximum atomic E-state index is 10.6. The largest absolute Gasteiger partial charge is 0.356 e. The van der Waals surface area contributed by atoms with Crippen LogP contribution in [0.3, 0.4) is 0 Å². The van der Waals surface area contributed by atoms with Crippen LogP contribution >= 0.6 is 0 Å². The zero-order valence-electron chi connectivity index (χ0n) is 8.82. The smallest absolute Gasteiger partial charge is 0.216 e. The van der Waals surface area contributed by atoms with Gasteiger partial charge in [-0.1, -0.05) is 24.3 Å². The highest BCUT2D eigenvalue weighted by Crippen LogP contribution is 2.05. The maximum absolute atomic E-state index is 10.6. The SMILES string of the molecule is CC(=O)NCCc1cccc(CC=O)c1. The lowest BCUT2D eigenvalue weighted by atomic mass is 10.1. The van der Waals surface area contributed by atoms with Gasteiger partial charge in [0.15, 0.2) is 0 Å². The average Bonchev–Trinajstić information content (AvgIpc) is 2.18. The van der Waals surface area contributed by atoms with Crippen molar-refractivity contribution in [1.82, 2.24) is 5.32 Å². The molecule has 3 nitrogen and oxygen atoms in total. The zero-order chi connectivity index (χ0) is 11.1. The summed E-state index contributed by atoms with van der Waals surface area (Å²) < 4.78 is 0. The number of nitrogens with one attached hydrogen (secondary N) is 1. The molecular formula is C12H15NO2. The second kappa shape index (κ2) is 5.96. The first-order valence-corrected chi connectivity index (χ1v) is 4.98. The molecule has 3 heteroatoms. The minimum atomic E-state index is -0.0148. The van der Waals surface area contributed by atoms with Gasteiger partial charge < -0.3 is 10.1 Å². The van der Waals surface area contributed by atoms with Crippen molar-refractivity contribution in [3.05, 3.63) is 35.4 Å². The molecule has 1 amide bonds. The average molecular weight is 205 g/mol. The van der Waals surface area contributed by atoms with Gasteiger partial charge in [0.2, 0.25) is 5.91 Å². The molecule has 0 aliphatic carbocycles. The minimum Gasteiger partial charge on any atom is -0.356 e. The van der Waals surface area contributed by atoms with Gasteiger partial charge in [-0.3, -0.25) is 4.79 Å². The highest BCUT2D eigenvalue weighted by molar-refractivity contribution is 5.72. The fraction of sp³-hybridized carbons (Fsp3) is 0.333. The van der Waals surface area contributed by atoms with E-state index >= 15 is 0 Å². The predicted molar refractivity (Wildman–Crippen MR) is 58.6 cm³/mol. The maximum Gasteiger partial charge on any atom is 0.216 e. The number of carbonyl (C=O) groups is 2. The van der Waals surface area contributed by atoms with E-state index in [1.54, 1.807) is 0 Å². The first kappa shape index (κ1) is 11.4. The van der Waals surface area contributed by atoms with Gasteiger partial charge >= 0.3 is 0 Å². The van der Waals surface area contributed by atoms with Gasteiger partial charge in [0.05, 0.1) is 0 Å². The first-order valence-electron chi connectivity index (χ1n) is 4.98. The van der Waals surface area contributed by atoms with E-state index in [0.29, 0.717) is 13.0 Å². The van der Waals surface area contributed by atoms with Gasteiger partial charge in [-0.2, -0.15) is 0 Å². The fourth-order valence-corrected chi connectivity index (χ4v) is 1.39. The van der Waals surface area contributed by atoms with Crippen LogP contribution < -0.4 is 5.32 Å². The predicted octanol–water partition coefficient (Wildman–Crippen LogP) is 1.11. The summed E-state index contributed by atoms with van der Waals surface area (Å²) in [5.41, 5.74) is 2.16. The standard InChI is InChI=1S/C12H15NO2/c1-10(15)13-7-5-11-3-2-4-12(9-11)6-8-14/h2-4,8-9H,5-7H2,1H3,(H,13,15). The van der Waals surface area contributed by atoms with Gasteiger partial charge in [0.25, 0.3) is 0 Å². The molecule has 0 spiro atoms. The van der Waals surface area contributed by atoms with Gasteiger partial charge in [-0.25, -0.2) is 0 Å². The molecule has 0 bridgehead atoms. The summed E-state index contributed by atoms with van der Waals surface area (Å²) in [5, 5.41) is 2.74. The van der Waals surface area contributed by atoms with Crippen LogP contribution in [0.1, 0.15) is 18.1 Å². The van der Waals surface area contributed by atoms with Crippen molar-refractivity contribution < 1.29 is 9.59 Å². The molecule has 0 aromatic heterocycles. The van der Waals surface area contributed by atoms with Crippen LogP contribution in [-0.4, -0.2) is 18.7 Å². The van der Waals surface area contributed by atoms with Crippen LogP contribution in [0.4, 0.5) is 0 Å². The Morgan fingerprint density at radius 3 is 2.80 bits per heavy atom. The number of hydrogen-bond acceptors (Lipinski definition) is 2. The molecular weight excluding hydrogens is 190 g/mol. The molecule has 1 N–H and O–H groups in total. The number of aldehydes is 1. The molecule has 1 aromatic rings. The number of benzene rings is 1. The molecule has 1 aromatic carbocycles. The van der Waals surface area contributed by atoms with Crippen molar-refractivity contribution in [3.63, 3.8) is 0 Å². The molecule has 0 saturated carbocycles. The van der Waals surface area contributed by atoms with E-state index in [1.807, 2.05) is 24.3 Å². The first-order chi connectivity index (χ1) is 7.22. The Bertz CT molecular complexity index is 347. The molecule has 0 saturated heterocycles. The Kier molecular flexibility index (Phi) is 4.54. The van der Waals surface area contributed by atoms with Crippen molar-refractivity contribution >= 4 is 12.2 Å². The van der Waals surface area contributed by atoms with Crippen LogP contribution in [0.15, 0.2) is 24.3 Å². The van der Waals surface area contributed by atoms with Crippen LogP contribution in [0.2, 0.25) is 0 Å². The number of amides is 1. The number of carbonyl (C=O) groups excluding carboxylic acids is 2. The van der Waals surface area contributed by atoms with E-state index < -0.39 is 0 Å². The van der Waals surface area contributed by atoms with E-state index in [0.717, 1.165) is 23.8 Å². The fourth-order valence-electron chi connectivity index (χ4n) is 1.39. The second-order valence-electron chi connectivity index (χ2n) is 3.42. The van der Waals surface area contributed by atoms with Gasteiger partial charge in [0.1, 0.15) is 6.29 Å². The van der Waals surface area contributed by atoms with E-state index in [2.05, 4.69) is 5.32 Å². The molecule has 0 atom stereocenters. The molecule has 1 rings (SSSR count). The summed E-state index contributed by atoms with van der Waals surface area (Å²) in [4.78, 5) is 21.0. The summed E-state index contributed by atoms with van der Waals surface area (Å²) in [6.45, 7) is 2.14. The van der Waals surface area contributed by atoms with E-state index in [1.165, 1.54) is 6.92 Å².